The van der Waals surface area contributed by atoms with Gasteiger partial charge in [0.05, 0.1) is 0 Å². The highest BCUT2D eigenvalue weighted by atomic mass is 16.5. The summed E-state index contributed by atoms with van der Waals surface area (Å²) in [5.41, 5.74) is 1.03. The van der Waals surface area contributed by atoms with Crippen LogP contribution in [0.5, 0.6) is 0 Å². The Bertz CT molecular complexity index is 771. The number of aromatic nitrogens is 2. The minimum Gasteiger partial charge on any atom is -0.339 e. The maximum Gasteiger partial charge on any atom is 0.230 e. The van der Waals surface area contributed by atoms with Gasteiger partial charge in [0.15, 0.2) is 0 Å². The largest absolute Gasteiger partial charge is 0.339 e. The number of nitrogens with one attached hydrogen (secondary N) is 1. The fraction of sp³-hybridized carbons (Fsp3) is 0.294. The Morgan fingerprint density at radius 3 is 2.76 bits per heavy atom. The summed E-state index contributed by atoms with van der Waals surface area (Å²) in [4.78, 5) is 4.63. The summed E-state index contributed by atoms with van der Waals surface area (Å²) < 4.78 is 5.50. The molecule has 21 heavy (non-hydrogen) atoms. The van der Waals surface area contributed by atoms with E-state index in [1.165, 1.54) is 5.39 Å². The van der Waals surface area contributed by atoms with E-state index in [1.807, 2.05) is 24.3 Å². The lowest BCUT2D eigenvalue weighted by atomic mass is 9.89. The second-order valence-electron chi connectivity index (χ2n) is 5.69. The van der Waals surface area contributed by atoms with E-state index in [2.05, 4.69) is 40.6 Å². The number of benzene rings is 2. The molecule has 0 saturated carbocycles. The van der Waals surface area contributed by atoms with Gasteiger partial charge in [-0.25, -0.2) is 0 Å². The molecule has 1 aliphatic rings. The van der Waals surface area contributed by atoms with E-state index in [1.54, 1.807) is 0 Å². The zero-order valence-corrected chi connectivity index (χ0v) is 11.9. The fourth-order valence-corrected chi connectivity index (χ4v) is 2.82. The summed E-state index contributed by atoms with van der Waals surface area (Å²) in [6, 6.07) is 14.5. The van der Waals surface area contributed by atoms with E-state index in [4.69, 9.17) is 4.52 Å². The van der Waals surface area contributed by atoms with Gasteiger partial charge >= 0.3 is 0 Å². The topological polar surface area (TPSA) is 51.0 Å². The maximum absolute atomic E-state index is 5.50. The second-order valence-corrected chi connectivity index (χ2v) is 5.69. The third-order valence-electron chi connectivity index (χ3n) is 4.38. The van der Waals surface area contributed by atoms with Crippen molar-refractivity contribution in [3.8, 4) is 11.4 Å². The van der Waals surface area contributed by atoms with Crippen LogP contribution < -0.4 is 5.32 Å². The number of fused-ring (bicyclic) bond motifs is 1. The van der Waals surface area contributed by atoms with Gasteiger partial charge in [0.25, 0.3) is 0 Å². The lowest BCUT2D eigenvalue weighted by Crippen LogP contribution is -2.44. The molecule has 1 unspecified atom stereocenters. The lowest BCUT2D eigenvalue weighted by Gasteiger charge is -2.30. The van der Waals surface area contributed by atoms with E-state index in [-0.39, 0.29) is 0 Å². The smallest absolute Gasteiger partial charge is 0.230 e. The predicted octanol–water partition coefficient (Wildman–Crippen LogP) is 3.21. The van der Waals surface area contributed by atoms with Crippen LogP contribution in [0.1, 0.15) is 18.7 Å². The summed E-state index contributed by atoms with van der Waals surface area (Å²) in [6.45, 7) is 4.23. The first-order chi connectivity index (χ1) is 10.3. The Balaban J connectivity index is 1.74. The summed E-state index contributed by atoms with van der Waals surface area (Å²) >= 11 is 0. The van der Waals surface area contributed by atoms with Crippen LogP contribution >= 0.6 is 0 Å². The molecule has 1 aromatic heterocycles. The van der Waals surface area contributed by atoms with Gasteiger partial charge in [-0.1, -0.05) is 54.5 Å². The lowest BCUT2D eigenvalue weighted by molar-refractivity contribution is 0.252. The van der Waals surface area contributed by atoms with Crippen molar-refractivity contribution in [2.45, 2.75) is 12.8 Å². The Morgan fingerprint density at radius 2 is 1.95 bits per heavy atom. The summed E-state index contributed by atoms with van der Waals surface area (Å²) in [5.74, 6) is 2.33. The van der Waals surface area contributed by atoms with Gasteiger partial charge in [-0.3, -0.25) is 0 Å². The summed E-state index contributed by atoms with van der Waals surface area (Å²) in [7, 11) is 0. The molecule has 1 saturated heterocycles. The van der Waals surface area contributed by atoms with E-state index in [0.29, 0.717) is 17.7 Å². The Kier molecular flexibility index (Phi) is 2.97. The molecular weight excluding hydrogens is 262 g/mol. The highest BCUT2D eigenvalue weighted by Gasteiger charge is 2.29. The van der Waals surface area contributed by atoms with Crippen LogP contribution in [0.3, 0.4) is 0 Å². The van der Waals surface area contributed by atoms with E-state index in [9.17, 15) is 0 Å². The molecule has 4 rings (SSSR count). The maximum atomic E-state index is 5.50. The molecule has 0 aliphatic carbocycles. The average molecular weight is 279 g/mol. The molecule has 4 nitrogen and oxygen atoms in total. The van der Waals surface area contributed by atoms with Gasteiger partial charge in [0, 0.05) is 11.5 Å². The van der Waals surface area contributed by atoms with Crippen LogP contribution in [-0.4, -0.2) is 23.2 Å². The minimum absolute atomic E-state index is 0.308. The van der Waals surface area contributed by atoms with Crippen molar-refractivity contribution in [2.24, 2.45) is 5.92 Å². The van der Waals surface area contributed by atoms with Crippen LogP contribution in [0.4, 0.5) is 0 Å². The highest BCUT2D eigenvalue weighted by molar-refractivity contribution is 5.94. The molecular formula is C17H17N3O. The number of rotatable bonds is 3. The first-order valence-electron chi connectivity index (χ1n) is 7.35. The van der Waals surface area contributed by atoms with Crippen molar-refractivity contribution in [1.82, 2.24) is 15.5 Å². The number of nitrogens with zero attached hydrogens (tertiary/aromatic N) is 2. The van der Waals surface area contributed by atoms with Gasteiger partial charge in [0.2, 0.25) is 11.7 Å². The van der Waals surface area contributed by atoms with Gasteiger partial charge in [-0.2, -0.15) is 4.98 Å². The number of hydrogen-bond acceptors (Lipinski definition) is 4. The van der Waals surface area contributed by atoms with Gasteiger partial charge in [-0.15, -0.1) is 0 Å². The molecule has 0 radical (unpaired) electrons. The first-order valence-corrected chi connectivity index (χ1v) is 7.35. The molecule has 0 amide bonds. The minimum atomic E-state index is 0.308. The molecule has 4 heteroatoms. The first kappa shape index (κ1) is 12.5. The zero-order valence-electron chi connectivity index (χ0n) is 11.9. The Hall–Kier alpha value is -2.20. The molecule has 106 valence electrons. The molecule has 1 atom stereocenters. The molecule has 3 aromatic rings. The molecule has 0 spiro atoms. The fourth-order valence-electron chi connectivity index (χ4n) is 2.82. The van der Waals surface area contributed by atoms with Crippen molar-refractivity contribution in [2.75, 3.05) is 13.1 Å². The third kappa shape index (κ3) is 2.12. The SMILES string of the molecule is CC(c1nc(-c2cccc3ccccc23)no1)C1CNC1. The van der Waals surface area contributed by atoms with Crippen LogP contribution in [0.25, 0.3) is 22.2 Å². The molecule has 2 heterocycles. The van der Waals surface area contributed by atoms with Gasteiger partial charge in [0.1, 0.15) is 0 Å². The molecule has 1 aliphatic heterocycles. The van der Waals surface area contributed by atoms with Crippen LogP contribution in [-0.2, 0) is 0 Å². The predicted molar refractivity (Wildman–Crippen MR) is 82.0 cm³/mol. The molecule has 1 N–H and O–H groups in total. The third-order valence-corrected chi connectivity index (χ3v) is 4.38. The molecule has 1 fully saturated rings. The molecule has 0 bridgehead atoms. The Labute approximate surface area is 123 Å². The van der Waals surface area contributed by atoms with Gasteiger partial charge in [-0.05, 0) is 29.8 Å². The van der Waals surface area contributed by atoms with E-state index < -0.39 is 0 Å². The summed E-state index contributed by atoms with van der Waals surface area (Å²) in [5, 5.41) is 9.83. The number of hydrogen-bond donors (Lipinski definition) is 1. The summed E-state index contributed by atoms with van der Waals surface area (Å²) in [6.07, 6.45) is 0. The molecule has 2 aromatic carbocycles. The van der Waals surface area contributed by atoms with E-state index >= 15 is 0 Å². The second kappa shape index (κ2) is 4.97. The van der Waals surface area contributed by atoms with Crippen LogP contribution in [0.2, 0.25) is 0 Å². The average Bonchev–Trinajstić information content (AvgIpc) is 2.94. The standard InChI is InChI=1S/C17H17N3O/c1-11(13-9-18-10-13)17-19-16(20-21-17)15-8-4-6-12-5-2-3-7-14(12)15/h2-8,11,13,18H,9-10H2,1H3. The van der Waals surface area contributed by atoms with Crippen molar-refractivity contribution in [1.29, 1.82) is 0 Å². The van der Waals surface area contributed by atoms with Crippen molar-refractivity contribution in [3.05, 3.63) is 48.4 Å². The normalized spacial score (nSPS) is 16.8. The highest BCUT2D eigenvalue weighted by Crippen LogP contribution is 2.30. The Morgan fingerprint density at radius 1 is 1.14 bits per heavy atom. The van der Waals surface area contributed by atoms with Crippen molar-refractivity contribution < 1.29 is 4.52 Å². The van der Waals surface area contributed by atoms with Crippen LogP contribution in [0, 0.1) is 5.92 Å². The van der Waals surface area contributed by atoms with Gasteiger partial charge < -0.3 is 9.84 Å². The van der Waals surface area contributed by atoms with E-state index in [0.717, 1.165) is 29.9 Å². The van der Waals surface area contributed by atoms with Crippen molar-refractivity contribution >= 4 is 10.8 Å². The zero-order chi connectivity index (χ0) is 14.2. The quantitative estimate of drug-likeness (QED) is 0.800. The monoisotopic (exact) mass is 279 g/mol. The van der Waals surface area contributed by atoms with Crippen LogP contribution in [0.15, 0.2) is 47.0 Å². The van der Waals surface area contributed by atoms with Crippen molar-refractivity contribution in [3.63, 3.8) is 0 Å².